The highest BCUT2D eigenvalue weighted by Gasteiger charge is 2.35. The van der Waals surface area contributed by atoms with E-state index in [1.54, 1.807) is 41.3 Å². The van der Waals surface area contributed by atoms with Crippen LogP contribution in [0.1, 0.15) is 47.6 Å². The van der Waals surface area contributed by atoms with Gasteiger partial charge in [0.15, 0.2) is 0 Å². The molecule has 1 N–H and O–H groups in total. The Morgan fingerprint density at radius 2 is 1.44 bits per heavy atom. The van der Waals surface area contributed by atoms with Crippen molar-refractivity contribution in [3.63, 3.8) is 0 Å². The first-order valence-electron chi connectivity index (χ1n) is 15.4. The summed E-state index contributed by atoms with van der Waals surface area (Å²) >= 11 is 0. The number of sulfonamides is 1. The molecule has 0 aliphatic rings. The van der Waals surface area contributed by atoms with Gasteiger partial charge in [-0.1, -0.05) is 109 Å². The van der Waals surface area contributed by atoms with Crippen LogP contribution in [0.25, 0.3) is 0 Å². The molecule has 236 valence electrons. The van der Waals surface area contributed by atoms with E-state index in [2.05, 4.69) is 12.2 Å². The lowest BCUT2D eigenvalue weighted by molar-refractivity contribution is -0.140. The van der Waals surface area contributed by atoms with Gasteiger partial charge < -0.3 is 10.2 Å². The summed E-state index contributed by atoms with van der Waals surface area (Å²) in [7, 11) is -4.14. The third kappa shape index (κ3) is 8.82. The van der Waals surface area contributed by atoms with Crippen molar-refractivity contribution in [1.29, 1.82) is 0 Å². The number of rotatable bonds is 14. The Kier molecular flexibility index (Phi) is 11.5. The molecule has 7 nitrogen and oxygen atoms in total. The molecule has 0 saturated carbocycles. The van der Waals surface area contributed by atoms with Gasteiger partial charge in [0.1, 0.15) is 12.6 Å². The largest absolute Gasteiger partial charge is 0.354 e. The number of nitrogens with zero attached hydrogens (tertiary/aromatic N) is 2. The van der Waals surface area contributed by atoms with Crippen molar-refractivity contribution >= 4 is 27.5 Å². The maximum Gasteiger partial charge on any atom is 0.264 e. The Bertz CT molecular complexity index is 1690. The normalized spacial score (nSPS) is 11.9. The third-order valence-electron chi connectivity index (χ3n) is 7.81. The highest BCUT2D eigenvalue weighted by atomic mass is 32.2. The number of unbranched alkanes of at least 4 members (excludes halogenated alkanes) is 1. The van der Waals surface area contributed by atoms with Crippen molar-refractivity contribution in [3.8, 4) is 0 Å². The molecule has 0 fully saturated rings. The van der Waals surface area contributed by atoms with Crippen molar-refractivity contribution in [3.05, 3.63) is 131 Å². The second-order valence-corrected chi connectivity index (χ2v) is 13.3. The van der Waals surface area contributed by atoms with Gasteiger partial charge in [-0.15, -0.1) is 0 Å². The molecule has 4 aromatic rings. The number of para-hydroxylation sites is 1. The highest BCUT2D eigenvalue weighted by Crippen LogP contribution is 2.28. The maximum absolute atomic E-state index is 14.6. The molecular formula is C37H43N3O4S. The van der Waals surface area contributed by atoms with Crippen LogP contribution in [-0.2, 0) is 32.6 Å². The predicted molar refractivity (Wildman–Crippen MR) is 180 cm³/mol. The van der Waals surface area contributed by atoms with Crippen molar-refractivity contribution in [2.24, 2.45) is 0 Å². The number of aryl methyl sites for hydroxylation is 3. The zero-order chi connectivity index (χ0) is 32.4. The van der Waals surface area contributed by atoms with Crippen LogP contribution >= 0.6 is 0 Å². The van der Waals surface area contributed by atoms with E-state index in [1.807, 2.05) is 87.5 Å². The SMILES string of the molecule is CCCCNC(=O)C(Cc1ccccc1)N(Cc1cccc(C)c1)C(=O)CN(c1ccccc1C)S(=O)(=O)c1ccc(C)cc1. The lowest BCUT2D eigenvalue weighted by Crippen LogP contribution is -2.53. The number of anilines is 1. The van der Waals surface area contributed by atoms with Crippen LogP contribution in [0.4, 0.5) is 5.69 Å². The summed E-state index contributed by atoms with van der Waals surface area (Å²) in [6, 6.07) is 30.2. The van der Waals surface area contributed by atoms with Crippen LogP contribution in [0.5, 0.6) is 0 Å². The molecule has 45 heavy (non-hydrogen) atoms. The fourth-order valence-corrected chi connectivity index (χ4v) is 6.74. The third-order valence-corrected chi connectivity index (χ3v) is 9.58. The molecule has 0 aliphatic carbocycles. The van der Waals surface area contributed by atoms with Gasteiger partial charge in [0, 0.05) is 19.5 Å². The number of hydrogen-bond acceptors (Lipinski definition) is 4. The minimum Gasteiger partial charge on any atom is -0.354 e. The van der Waals surface area contributed by atoms with E-state index in [9.17, 15) is 18.0 Å². The lowest BCUT2D eigenvalue weighted by Gasteiger charge is -2.34. The average Bonchev–Trinajstić information content (AvgIpc) is 3.02. The average molecular weight is 626 g/mol. The first-order valence-corrected chi connectivity index (χ1v) is 16.9. The fourth-order valence-electron chi connectivity index (χ4n) is 5.26. The van der Waals surface area contributed by atoms with Crippen LogP contribution in [0, 0.1) is 20.8 Å². The van der Waals surface area contributed by atoms with Gasteiger partial charge in [-0.05, 0) is 62.1 Å². The molecule has 1 unspecified atom stereocenters. The summed E-state index contributed by atoms with van der Waals surface area (Å²) in [6.45, 7) is 7.90. The van der Waals surface area contributed by atoms with Gasteiger partial charge in [-0.25, -0.2) is 8.42 Å². The molecule has 2 amide bonds. The number of carbonyl (C=O) groups excluding carboxylic acids is 2. The Morgan fingerprint density at radius 1 is 0.778 bits per heavy atom. The van der Waals surface area contributed by atoms with Gasteiger partial charge >= 0.3 is 0 Å². The second kappa shape index (κ2) is 15.5. The van der Waals surface area contributed by atoms with Crippen LogP contribution in [-0.4, -0.2) is 44.3 Å². The number of carbonyl (C=O) groups is 2. The van der Waals surface area contributed by atoms with Crippen LogP contribution < -0.4 is 9.62 Å². The number of amides is 2. The summed E-state index contributed by atoms with van der Waals surface area (Å²) < 4.78 is 29.6. The smallest absolute Gasteiger partial charge is 0.264 e. The van der Waals surface area contributed by atoms with E-state index in [-0.39, 0.29) is 23.8 Å². The standard InChI is InChI=1S/C37H43N3O4S/c1-5-6-23-38-37(42)35(25-31-15-8-7-9-16-31)39(26-32-17-12-13-29(3)24-32)36(41)27-40(34-18-11-10-14-30(34)4)45(43,44)33-21-19-28(2)20-22-33/h7-22,24,35H,5-6,23,25-27H2,1-4H3,(H,38,42). The van der Waals surface area contributed by atoms with Crippen LogP contribution in [0.3, 0.4) is 0 Å². The number of hydrogen-bond donors (Lipinski definition) is 1. The number of benzene rings is 4. The first kappa shape index (κ1) is 33.5. The van der Waals surface area contributed by atoms with E-state index >= 15 is 0 Å². The Morgan fingerprint density at radius 3 is 2.11 bits per heavy atom. The molecule has 4 aromatic carbocycles. The molecule has 0 heterocycles. The minimum atomic E-state index is -4.14. The summed E-state index contributed by atoms with van der Waals surface area (Å²) in [5.41, 5.74) is 4.83. The van der Waals surface area contributed by atoms with Gasteiger partial charge in [-0.2, -0.15) is 0 Å². The minimum absolute atomic E-state index is 0.0903. The maximum atomic E-state index is 14.6. The first-order chi connectivity index (χ1) is 21.6. The second-order valence-electron chi connectivity index (χ2n) is 11.5. The lowest BCUT2D eigenvalue weighted by atomic mass is 10.0. The molecule has 0 aromatic heterocycles. The summed E-state index contributed by atoms with van der Waals surface area (Å²) in [5, 5.41) is 3.03. The van der Waals surface area contributed by atoms with E-state index in [1.165, 1.54) is 4.31 Å². The zero-order valence-electron chi connectivity index (χ0n) is 26.6. The fraction of sp³-hybridized carbons (Fsp3) is 0.297. The molecule has 8 heteroatoms. The molecule has 0 radical (unpaired) electrons. The van der Waals surface area contributed by atoms with E-state index < -0.39 is 28.5 Å². The molecule has 4 rings (SSSR count). The van der Waals surface area contributed by atoms with Crippen molar-refractivity contribution in [1.82, 2.24) is 10.2 Å². The monoisotopic (exact) mass is 625 g/mol. The van der Waals surface area contributed by atoms with E-state index in [0.717, 1.165) is 35.1 Å². The zero-order valence-corrected chi connectivity index (χ0v) is 27.4. The van der Waals surface area contributed by atoms with Crippen molar-refractivity contribution in [2.45, 2.75) is 64.4 Å². The highest BCUT2D eigenvalue weighted by molar-refractivity contribution is 7.92. The molecular weight excluding hydrogens is 582 g/mol. The quantitative estimate of drug-likeness (QED) is 0.165. The van der Waals surface area contributed by atoms with E-state index in [0.29, 0.717) is 17.8 Å². The molecule has 0 spiro atoms. The van der Waals surface area contributed by atoms with Gasteiger partial charge in [0.25, 0.3) is 10.0 Å². The van der Waals surface area contributed by atoms with Gasteiger partial charge in [0.05, 0.1) is 10.6 Å². The Balaban J connectivity index is 1.80. The van der Waals surface area contributed by atoms with Crippen molar-refractivity contribution in [2.75, 3.05) is 17.4 Å². The van der Waals surface area contributed by atoms with Crippen LogP contribution in [0.15, 0.2) is 108 Å². The molecule has 0 aliphatic heterocycles. The topological polar surface area (TPSA) is 86.8 Å². The molecule has 1 atom stereocenters. The van der Waals surface area contributed by atoms with Crippen molar-refractivity contribution < 1.29 is 18.0 Å². The van der Waals surface area contributed by atoms with Gasteiger partial charge in [-0.3, -0.25) is 13.9 Å². The predicted octanol–water partition coefficient (Wildman–Crippen LogP) is 6.36. The summed E-state index contributed by atoms with van der Waals surface area (Å²) in [6.07, 6.45) is 2.01. The summed E-state index contributed by atoms with van der Waals surface area (Å²) in [4.78, 5) is 30.0. The number of nitrogens with one attached hydrogen (secondary N) is 1. The Labute approximate surface area is 268 Å². The summed E-state index contributed by atoms with van der Waals surface area (Å²) in [5.74, 6) is -0.737. The molecule has 0 saturated heterocycles. The van der Waals surface area contributed by atoms with Crippen LogP contribution in [0.2, 0.25) is 0 Å². The van der Waals surface area contributed by atoms with Gasteiger partial charge in [0.2, 0.25) is 11.8 Å². The molecule has 0 bridgehead atoms. The Hall–Kier alpha value is -4.43. The van der Waals surface area contributed by atoms with E-state index in [4.69, 9.17) is 0 Å².